The van der Waals surface area contributed by atoms with Gasteiger partial charge in [0.05, 0.1) is 10.4 Å². The summed E-state index contributed by atoms with van der Waals surface area (Å²) in [5.74, 6) is 1.24. The monoisotopic (exact) mass is 310 g/mol. The Labute approximate surface area is 126 Å². The van der Waals surface area contributed by atoms with Crippen LogP contribution in [0.25, 0.3) is 12.2 Å². The quantitative estimate of drug-likeness (QED) is 0.944. The van der Waals surface area contributed by atoms with Crippen molar-refractivity contribution in [1.29, 1.82) is 0 Å². The molecule has 20 heavy (non-hydrogen) atoms. The topological polar surface area (TPSA) is 54.2 Å². The average molecular weight is 311 g/mol. The third kappa shape index (κ3) is 3.09. The van der Waals surface area contributed by atoms with Gasteiger partial charge in [0.25, 0.3) is 5.89 Å². The van der Waals surface area contributed by atoms with Crippen molar-refractivity contribution in [2.24, 2.45) is 0 Å². The van der Waals surface area contributed by atoms with Crippen LogP contribution in [0.2, 0.25) is 4.34 Å². The molecule has 7 heteroatoms. The van der Waals surface area contributed by atoms with E-state index in [1.54, 1.807) is 0 Å². The molecule has 0 saturated carbocycles. The Morgan fingerprint density at radius 3 is 3.15 bits per heavy atom. The molecule has 1 saturated heterocycles. The second kappa shape index (κ2) is 6.05. The van der Waals surface area contributed by atoms with Crippen molar-refractivity contribution in [1.82, 2.24) is 20.4 Å². The maximum atomic E-state index is 5.88. The van der Waals surface area contributed by atoms with Crippen LogP contribution in [0.5, 0.6) is 0 Å². The molecule has 1 aliphatic rings. The van der Waals surface area contributed by atoms with E-state index in [2.05, 4.69) is 27.4 Å². The van der Waals surface area contributed by atoms with Gasteiger partial charge in [0.2, 0.25) is 0 Å². The fourth-order valence-electron chi connectivity index (χ4n) is 2.12. The molecule has 3 heterocycles. The molecule has 3 rings (SSSR count). The summed E-state index contributed by atoms with van der Waals surface area (Å²) in [6.07, 6.45) is 3.74. The van der Waals surface area contributed by atoms with Gasteiger partial charge >= 0.3 is 0 Å². The summed E-state index contributed by atoms with van der Waals surface area (Å²) in [6.45, 7) is 2.83. The number of piperazine rings is 1. The van der Waals surface area contributed by atoms with Crippen LogP contribution in [0.15, 0.2) is 16.7 Å². The van der Waals surface area contributed by atoms with Gasteiger partial charge in [-0.1, -0.05) is 16.8 Å². The minimum atomic E-state index is 0.172. The van der Waals surface area contributed by atoms with E-state index in [4.69, 9.17) is 16.1 Å². The molecule has 0 radical (unpaired) electrons. The summed E-state index contributed by atoms with van der Waals surface area (Å²) >= 11 is 7.40. The molecule has 2 aromatic heterocycles. The summed E-state index contributed by atoms with van der Waals surface area (Å²) in [4.78, 5) is 7.72. The summed E-state index contributed by atoms with van der Waals surface area (Å²) in [5.41, 5.74) is 0. The molecule has 106 valence electrons. The Kier molecular flexibility index (Phi) is 4.16. The fraction of sp³-hybridized carbons (Fsp3) is 0.385. The van der Waals surface area contributed by atoms with E-state index in [1.807, 2.05) is 24.3 Å². The number of nitrogens with zero attached hydrogens (tertiary/aromatic N) is 3. The summed E-state index contributed by atoms with van der Waals surface area (Å²) in [7, 11) is 2.07. The SMILES string of the molecule is CN1CCNCC1c1noc(/C=C/c2ccc(Cl)s2)n1. The van der Waals surface area contributed by atoms with E-state index in [0.717, 1.165) is 34.7 Å². The summed E-state index contributed by atoms with van der Waals surface area (Å²) in [5, 5.41) is 7.41. The Hall–Kier alpha value is -1.21. The lowest BCUT2D eigenvalue weighted by Crippen LogP contribution is -2.44. The Bertz CT molecular complexity index is 609. The standard InChI is InChI=1S/C13H15ClN4OS/c1-18-7-6-15-8-10(18)13-16-12(19-17-13)5-3-9-2-4-11(14)20-9/h2-5,10,15H,6-8H2,1H3/b5-3+. The van der Waals surface area contributed by atoms with Crippen molar-refractivity contribution in [3.63, 3.8) is 0 Å². The first kappa shape index (κ1) is 13.8. The highest BCUT2D eigenvalue weighted by Crippen LogP contribution is 2.23. The third-order valence-electron chi connectivity index (χ3n) is 3.25. The number of halogens is 1. The number of likely N-dealkylation sites (N-methyl/N-ethyl adjacent to an activating group) is 1. The molecular weight excluding hydrogens is 296 g/mol. The van der Waals surface area contributed by atoms with Crippen molar-refractivity contribution in [3.05, 3.63) is 33.1 Å². The number of thiophene rings is 1. The first-order chi connectivity index (χ1) is 9.72. The van der Waals surface area contributed by atoms with E-state index in [0.29, 0.717) is 5.89 Å². The second-order valence-electron chi connectivity index (χ2n) is 4.67. The number of hydrogen-bond acceptors (Lipinski definition) is 6. The molecule has 1 N–H and O–H groups in total. The second-order valence-corrected chi connectivity index (χ2v) is 6.41. The van der Waals surface area contributed by atoms with E-state index in [9.17, 15) is 0 Å². The highest BCUT2D eigenvalue weighted by Gasteiger charge is 2.24. The van der Waals surface area contributed by atoms with Crippen LogP contribution in [0.3, 0.4) is 0 Å². The average Bonchev–Trinajstić information content (AvgIpc) is 3.06. The van der Waals surface area contributed by atoms with Crippen LogP contribution in [0, 0.1) is 0 Å². The number of hydrogen-bond donors (Lipinski definition) is 1. The zero-order valence-electron chi connectivity index (χ0n) is 11.0. The zero-order chi connectivity index (χ0) is 13.9. The van der Waals surface area contributed by atoms with E-state index in [1.165, 1.54) is 11.3 Å². The predicted molar refractivity (Wildman–Crippen MR) is 80.8 cm³/mol. The molecule has 0 aromatic carbocycles. The van der Waals surface area contributed by atoms with Gasteiger partial charge in [0.15, 0.2) is 5.82 Å². The Balaban J connectivity index is 1.71. The molecule has 0 amide bonds. The molecule has 1 atom stereocenters. The van der Waals surface area contributed by atoms with Gasteiger partial charge in [-0.05, 0) is 25.3 Å². The summed E-state index contributed by atoms with van der Waals surface area (Å²) < 4.78 is 6.03. The molecule has 1 aliphatic heterocycles. The lowest BCUT2D eigenvalue weighted by atomic mass is 10.2. The first-order valence-electron chi connectivity index (χ1n) is 6.40. The predicted octanol–water partition coefficient (Wildman–Crippen LogP) is 2.53. The molecule has 0 spiro atoms. The molecule has 1 unspecified atom stereocenters. The summed E-state index contributed by atoms with van der Waals surface area (Å²) in [6, 6.07) is 4.00. The molecule has 0 bridgehead atoms. The van der Waals surface area contributed by atoms with Crippen LogP contribution < -0.4 is 5.32 Å². The highest BCUT2D eigenvalue weighted by atomic mass is 35.5. The largest absolute Gasteiger partial charge is 0.335 e. The minimum absolute atomic E-state index is 0.172. The van der Waals surface area contributed by atoms with Gasteiger partial charge in [-0.2, -0.15) is 4.98 Å². The van der Waals surface area contributed by atoms with E-state index >= 15 is 0 Å². The van der Waals surface area contributed by atoms with Crippen LogP contribution in [0.4, 0.5) is 0 Å². The van der Waals surface area contributed by atoms with Gasteiger partial charge in [-0.3, -0.25) is 4.90 Å². The highest BCUT2D eigenvalue weighted by molar-refractivity contribution is 7.17. The lowest BCUT2D eigenvalue weighted by molar-refractivity contribution is 0.190. The number of aromatic nitrogens is 2. The number of rotatable bonds is 3. The normalized spacial score (nSPS) is 20.8. The van der Waals surface area contributed by atoms with Crippen molar-refractivity contribution in [2.75, 3.05) is 26.7 Å². The zero-order valence-corrected chi connectivity index (χ0v) is 12.6. The smallest absolute Gasteiger partial charge is 0.250 e. The minimum Gasteiger partial charge on any atom is -0.335 e. The van der Waals surface area contributed by atoms with E-state index in [-0.39, 0.29) is 6.04 Å². The Morgan fingerprint density at radius 1 is 1.50 bits per heavy atom. The van der Waals surface area contributed by atoms with Crippen LogP contribution in [-0.2, 0) is 0 Å². The molecule has 0 aliphatic carbocycles. The fourth-order valence-corrected chi connectivity index (χ4v) is 3.08. The van der Waals surface area contributed by atoms with Crippen LogP contribution in [-0.4, -0.2) is 41.7 Å². The van der Waals surface area contributed by atoms with Gasteiger partial charge in [-0.25, -0.2) is 0 Å². The van der Waals surface area contributed by atoms with E-state index < -0.39 is 0 Å². The van der Waals surface area contributed by atoms with Crippen LogP contribution in [0.1, 0.15) is 22.6 Å². The van der Waals surface area contributed by atoms with Crippen molar-refractivity contribution in [3.8, 4) is 0 Å². The maximum Gasteiger partial charge on any atom is 0.250 e. The van der Waals surface area contributed by atoms with Crippen molar-refractivity contribution >= 4 is 35.1 Å². The lowest BCUT2D eigenvalue weighted by Gasteiger charge is -2.30. The van der Waals surface area contributed by atoms with Crippen molar-refractivity contribution in [2.45, 2.75) is 6.04 Å². The molecule has 2 aromatic rings. The molecular formula is C13H15ClN4OS. The first-order valence-corrected chi connectivity index (χ1v) is 7.60. The van der Waals surface area contributed by atoms with Crippen LogP contribution >= 0.6 is 22.9 Å². The van der Waals surface area contributed by atoms with Gasteiger partial charge in [0.1, 0.15) is 0 Å². The van der Waals surface area contributed by atoms with Gasteiger partial charge in [-0.15, -0.1) is 11.3 Å². The maximum absolute atomic E-state index is 5.88. The van der Waals surface area contributed by atoms with Gasteiger partial charge < -0.3 is 9.84 Å². The molecule has 5 nitrogen and oxygen atoms in total. The molecule has 1 fully saturated rings. The number of nitrogens with one attached hydrogen (secondary N) is 1. The van der Waals surface area contributed by atoms with Crippen molar-refractivity contribution < 1.29 is 4.52 Å². The third-order valence-corrected chi connectivity index (χ3v) is 4.45. The van der Waals surface area contributed by atoms with Gasteiger partial charge in [0, 0.05) is 30.6 Å². The Morgan fingerprint density at radius 2 is 2.40 bits per heavy atom.